The molecule has 2 aromatic carbocycles. The standard InChI is InChI=1S/C14H9ClO.ClH/c15-8-11-7-10-5-1-3-9-4-2-6-12(13(9)10)14(11)16;/h1-7H,8H2;1H. The number of hydrogen-bond donors (Lipinski definition) is 0. The van der Waals surface area contributed by atoms with Crippen LogP contribution in [0.15, 0.2) is 42.0 Å². The Morgan fingerprint density at radius 2 is 1.76 bits per heavy atom. The van der Waals surface area contributed by atoms with E-state index in [4.69, 9.17) is 11.6 Å². The molecule has 1 aliphatic rings. The molecule has 2 aromatic rings. The maximum absolute atomic E-state index is 12.1. The Labute approximate surface area is 110 Å². The van der Waals surface area contributed by atoms with Crippen LogP contribution >= 0.6 is 24.0 Å². The molecule has 3 heteroatoms. The third-order valence-electron chi connectivity index (χ3n) is 2.95. The van der Waals surface area contributed by atoms with Gasteiger partial charge < -0.3 is 0 Å². The fraction of sp³-hybridized carbons (Fsp3) is 0.0714. The molecule has 0 spiro atoms. The number of carbonyl (C=O) groups excluding carboxylic acids is 1. The van der Waals surface area contributed by atoms with Gasteiger partial charge in [-0.15, -0.1) is 24.0 Å². The van der Waals surface area contributed by atoms with Gasteiger partial charge in [0.15, 0.2) is 5.78 Å². The monoisotopic (exact) mass is 264 g/mol. The van der Waals surface area contributed by atoms with E-state index in [0.717, 1.165) is 21.9 Å². The highest BCUT2D eigenvalue weighted by molar-refractivity contribution is 6.30. The van der Waals surface area contributed by atoms with E-state index in [1.807, 2.05) is 42.5 Å². The van der Waals surface area contributed by atoms with Crippen LogP contribution in [0.25, 0.3) is 16.8 Å². The summed E-state index contributed by atoms with van der Waals surface area (Å²) in [6.07, 6.45) is 1.89. The molecule has 0 fully saturated rings. The van der Waals surface area contributed by atoms with Gasteiger partial charge in [0.2, 0.25) is 0 Å². The lowest BCUT2D eigenvalue weighted by Crippen LogP contribution is -2.09. The summed E-state index contributed by atoms with van der Waals surface area (Å²) in [6.45, 7) is 0. The first-order chi connectivity index (χ1) is 7.81. The fourth-order valence-electron chi connectivity index (χ4n) is 2.21. The number of ketones is 1. The van der Waals surface area contributed by atoms with Gasteiger partial charge >= 0.3 is 0 Å². The number of alkyl halides is 1. The van der Waals surface area contributed by atoms with Crippen molar-refractivity contribution >= 4 is 46.6 Å². The van der Waals surface area contributed by atoms with Crippen molar-refractivity contribution in [3.8, 4) is 0 Å². The maximum Gasteiger partial charge on any atom is 0.190 e. The largest absolute Gasteiger partial charge is 0.289 e. The van der Waals surface area contributed by atoms with E-state index in [1.54, 1.807) is 0 Å². The predicted molar refractivity (Wildman–Crippen MR) is 74.2 cm³/mol. The molecule has 1 nitrogen and oxygen atoms in total. The molecule has 1 aliphatic carbocycles. The van der Waals surface area contributed by atoms with E-state index in [2.05, 4.69) is 0 Å². The van der Waals surface area contributed by atoms with Crippen LogP contribution in [0.4, 0.5) is 0 Å². The van der Waals surface area contributed by atoms with E-state index >= 15 is 0 Å². The quantitative estimate of drug-likeness (QED) is 0.710. The predicted octanol–water partition coefficient (Wildman–Crippen LogP) is 4.08. The number of benzene rings is 2. The number of allylic oxidation sites excluding steroid dienone is 1. The van der Waals surface area contributed by atoms with Crippen molar-refractivity contribution in [3.63, 3.8) is 0 Å². The van der Waals surface area contributed by atoms with Gasteiger partial charge in [0, 0.05) is 16.5 Å². The van der Waals surface area contributed by atoms with E-state index in [0.29, 0.717) is 5.57 Å². The summed E-state index contributed by atoms with van der Waals surface area (Å²) >= 11 is 5.79. The molecule has 0 heterocycles. The number of rotatable bonds is 1. The second-order valence-electron chi connectivity index (χ2n) is 3.88. The Morgan fingerprint density at radius 1 is 1.06 bits per heavy atom. The molecule has 0 amide bonds. The van der Waals surface area contributed by atoms with E-state index in [9.17, 15) is 4.79 Å². The normalized spacial score (nSPS) is 13.2. The first-order valence-electron chi connectivity index (χ1n) is 5.14. The smallest absolute Gasteiger partial charge is 0.190 e. The van der Waals surface area contributed by atoms with Crippen molar-refractivity contribution in [2.45, 2.75) is 0 Å². The molecule has 0 radical (unpaired) electrons. The molecular formula is C14H10Cl2O. The van der Waals surface area contributed by atoms with E-state index in [1.165, 1.54) is 0 Å². The fourth-order valence-corrected chi connectivity index (χ4v) is 2.40. The second kappa shape index (κ2) is 4.52. The van der Waals surface area contributed by atoms with Crippen LogP contribution < -0.4 is 0 Å². The molecule has 0 saturated carbocycles. The van der Waals surface area contributed by atoms with Gasteiger partial charge in [0.1, 0.15) is 0 Å². The lowest BCUT2D eigenvalue weighted by atomic mass is 9.89. The van der Waals surface area contributed by atoms with Gasteiger partial charge in [-0.2, -0.15) is 0 Å². The third kappa shape index (κ3) is 1.76. The molecule has 0 aromatic heterocycles. The minimum Gasteiger partial charge on any atom is -0.289 e. The molecule has 0 N–H and O–H groups in total. The topological polar surface area (TPSA) is 17.1 Å². The minimum atomic E-state index is 0. The average molecular weight is 265 g/mol. The summed E-state index contributed by atoms with van der Waals surface area (Å²) in [5.74, 6) is 0.322. The summed E-state index contributed by atoms with van der Waals surface area (Å²) in [4.78, 5) is 12.1. The van der Waals surface area contributed by atoms with E-state index < -0.39 is 0 Å². The van der Waals surface area contributed by atoms with Crippen LogP contribution in [0.1, 0.15) is 15.9 Å². The van der Waals surface area contributed by atoms with Crippen LogP contribution in [0, 0.1) is 0 Å². The van der Waals surface area contributed by atoms with Gasteiger partial charge in [-0.05, 0) is 17.0 Å². The molecule has 0 unspecified atom stereocenters. The van der Waals surface area contributed by atoms with Gasteiger partial charge in [-0.1, -0.05) is 36.4 Å². The summed E-state index contributed by atoms with van der Waals surface area (Å²) in [5.41, 5.74) is 2.53. The lowest BCUT2D eigenvalue weighted by Gasteiger charge is -2.15. The zero-order chi connectivity index (χ0) is 11.1. The Balaban J connectivity index is 0.00000108. The first kappa shape index (κ1) is 12.2. The zero-order valence-corrected chi connectivity index (χ0v) is 10.5. The molecule has 17 heavy (non-hydrogen) atoms. The first-order valence-corrected chi connectivity index (χ1v) is 5.67. The highest BCUT2D eigenvalue weighted by Gasteiger charge is 2.20. The zero-order valence-electron chi connectivity index (χ0n) is 8.94. The van der Waals surface area contributed by atoms with Gasteiger partial charge in [0.05, 0.1) is 5.88 Å². The SMILES string of the molecule is Cl.O=C1C(CCl)=Cc2cccc3cccc1c23. The van der Waals surface area contributed by atoms with Crippen molar-refractivity contribution in [2.24, 2.45) is 0 Å². The van der Waals surface area contributed by atoms with Crippen LogP contribution in [-0.2, 0) is 0 Å². The van der Waals surface area contributed by atoms with Gasteiger partial charge in [-0.25, -0.2) is 0 Å². The van der Waals surface area contributed by atoms with Crippen LogP contribution in [0.5, 0.6) is 0 Å². The van der Waals surface area contributed by atoms with Crippen LogP contribution in [-0.4, -0.2) is 11.7 Å². The molecular weight excluding hydrogens is 255 g/mol. The van der Waals surface area contributed by atoms with Crippen LogP contribution in [0.3, 0.4) is 0 Å². The van der Waals surface area contributed by atoms with E-state index in [-0.39, 0.29) is 24.1 Å². The van der Waals surface area contributed by atoms with Gasteiger partial charge in [0.25, 0.3) is 0 Å². The molecule has 0 bridgehead atoms. The molecule has 86 valence electrons. The van der Waals surface area contributed by atoms with Gasteiger partial charge in [-0.3, -0.25) is 4.79 Å². The number of halogens is 2. The Bertz CT molecular complexity index is 624. The highest BCUT2D eigenvalue weighted by atomic mass is 35.5. The summed E-state index contributed by atoms with van der Waals surface area (Å²) < 4.78 is 0. The number of hydrogen-bond acceptors (Lipinski definition) is 1. The molecule has 0 saturated heterocycles. The molecule has 3 rings (SSSR count). The number of carbonyl (C=O) groups is 1. The Morgan fingerprint density at radius 3 is 2.47 bits per heavy atom. The van der Waals surface area contributed by atoms with Crippen molar-refractivity contribution in [3.05, 3.63) is 53.1 Å². The Kier molecular flexibility index (Phi) is 3.23. The third-order valence-corrected chi connectivity index (χ3v) is 3.23. The minimum absolute atomic E-state index is 0. The molecule has 0 atom stereocenters. The van der Waals surface area contributed by atoms with Crippen molar-refractivity contribution in [1.29, 1.82) is 0 Å². The summed E-state index contributed by atoms with van der Waals surface area (Å²) in [5, 5.41) is 2.15. The maximum atomic E-state index is 12.1. The number of Topliss-reactive ketones (excluding diaryl/α,β-unsaturated/α-hetero) is 1. The summed E-state index contributed by atoms with van der Waals surface area (Å²) in [6, 6.07) is 11.8. The average Bonchev–Trinajstić information content (AvgIpc) is 2.33. The van der Waals surface area contributed by atoms with Crippen molar-refractivity contribution < 1.29 is 4.79 Å². The second-order valence-corrected chi connectivity index (χ2v) is 4.15. The molecule has 0 aliphatic heterocycles. The Hall–Kier alpha value is -1.31. The van der Waals surface area contributed by atoms with Crippen LogP contribution in [0.2, 0.25) is 0 Å². The lowest BCUT2D eigenvalue weighted by molar-refractivity contribution is 0.103. The van der Waals surface area contributed by atoms with Crippen molar-refractivity contribution in [2.75, 3.05) is 5.88 Å². The van der Waals surface area contributed by atoms with Crippen molar-refractivity contribution in [1.82, 2.24) is 0 Å². The highest BCUT2D eigenvalue weighted by Crippen LogP contribution is 2.31. The summed E-state index contributed by atoms with van der Waals surface area (Å²) in [7, 11) is 0.